The maximum Gasteiger partial charge on any atom is 0.291 e. The first-order valence-corrected chi connectivity index (χ1v) is 10.5. The Balaban J connectivity index is 1.54. The molecule has 1 saturated heterocycles. The van der Waals surface area contributed by atoms with Crippen molar-refractivity contribution in [3.8, 4) is 11.3 Å². The van der Waals surface area contributed by atoms with Crippen molar-refractivity contribution in [1.29, 1.82) is 0 Å². The van der Waals surface area contributed by atoms with Crippen molar-refractivity contribution in [2.45, 2.75) is 19.8 Å². The van der Waals surface area contributed by atoms with Gasteiger partial charge < -0.3 is 14.6 Å². The van der Waals surface area contributed by atoms with Crippen LogP contribution in [0.3, 0.4) is 0 Å². The molecule has 4 rings (SSSR count). The fourth-order valence-corrected chi connectivity index (χ4v) is 3.96. The molecule has 1 aliphatic heterocycles. The van der Waals surface area contributed by atoms with Crippen LogP contribution in [-0.2, 0) is 0 Å². The maximum atomic E-state index is 12.8. The molecule has 2 heterocycles. The monoisotopic (exact) mass is 428 g/mol. The van der Waals surface area contributed by atoms with Crippen molar-refractivity contribution >= 4 is 40.5 Å². The Morgan fingerprint density at radius 3 is 2.62 bits per heavy atom. The second-order valence-electron chi connectivity index (χ2n) is 7.43. The number of para-hydroxylation sites is 2. The molecule has 0 atom stereocenters. The van der Waals surface area contributed by atoms with Crippen LogP contribution in [0.4, 0.5) is 11.4 Å². The Bertz CT molecular complexity index is 1020. The molecular formula is C23H22Cl2N2O2. The molecule has 4 nitrogen and oxygen atoms in total. The molecule has 0 bridgehead atoms. The molecule has 1 N–H and O–H groups in total. The normalized spacial score (nSPS) is 14.8. The zero-order valence-corrected chi connectivity index (χ0v) is 17.6. The van der Waals surface area contributed by atoms with E-state index in [0.717, 1.165) is 43.2 Å². The second-order valence-corrected chi connectivity index (χ2v) is 8.27. The molecule has 0 radical (unpaired) electrons. The average Bonchev–Trinajstić information content (AvgIpc) is 3.21. The Labute approximate surface area is 180 Å². The molecule has 0 unspecified atom stereocenters. The molecule has 2 aromatic carbocycles. The lowest BCUT2D eigenvalue weighted by Crippen LogP contribution is -2.33. The van der Waals surface area contributed by atoms with Crippen LogP contribution in [0.2, 0.25) is 10.0 Å². The van der Waals surface area contributed by atoms with E-state index in [2.05, 4.69) is 17.1 Å². The number of piperidine rings is 1. The van der Waals surface area contributed by atoms with E-state index in [1.54, 1.807) is 30.3 Å². The first-order chi connectivity index (χ1) is 14.0. The Hall–Kier alpha value is -2.43. The van der Waals surface area contributed by atoms with Crippen LogP contribution in [0.25, 0.3) is 11.3 Å². The van der Waals surface area contributed by atoms with E-state index >= 15 is 0 Å². The smallest absolute Gasteiger partial charge is 0.291 e. The van der Waals surface area contributed by atoms with Crippen LogP contribution >= 0.6 is 23.2 Å². The lowest BCUT2D eigenvalue weighted by Gasteiger charge is -2.33. The van der Waals surface area contributed by atoms with Gasteiger partial charge in [0.25, 0.3) is 5.91 Å². The second kappa shape index (κ2) is 8.52. The largest absolute Gasteiger partial charge is 0.451 e. The van der Waals surface area contributed by atoms with Gasteiger partial charge in [-0.25, -0.2) is 0 Å². The molecule has 1 amide bonds. The first-order valence-electron chi connectivity index (χ1n) is 9.72. The minimum Gasteiger partial charge on any atom is -0.451 e. The summed E-state index contributed by atoms with van der Waals surface area (Å²) in [6.45, 7) is 4.27. The van der Waals surface area contributed by atoms with E-state index in [1.807, 2.05) is 24.3 Å². The molecule has 1 aliphatic rings. The predicted molar refractivity (Wildman–Crippen MR) is 119 cm³/mol. The van der Waals surface area contributed by atoms with E-state index in [1.165, 1.54) is 0 Å². The highest BCUT2D eigenvalue weighted by molar-refractivity contribution is 6.35. The van der Waals surface area contributed by atoms with Crippen LogP contribution in [-0.4, -0.2) is 19.0 Å². The molecule has 6 heteroatoms. The Kier molecular flexibility index (Phi) is 5.84. The molecule has 0 spiro atoms. The van der Waals surface area contributed by atoms with Crippen molar-refractivity contribution in [1.82, 2.24) is 0 Å². The van der Waals surface area contributed by atoms with Crippen LogP contribution < -0.4 is 10.2 Å². The number of furan rings is 1. The zero-order valence-electron chi connectivity index (χ0n) is 16.1. The Morgan fingerprint density at radius 2 is 1.83 bits per heavy atom. The Morgan fingerprint density at radius 1 is 1.07 bits per heavy atom. The number of nitrogens with zero attached hydrogens (tertiary/aromatic N) is 1. The van der Waals surface area contributed by atoms with Crippen molar-refractivity contribution in [2.75, 3.05) is 23.3 Å². The lowest BCUT2D eigenvalue weighted by molar-refractivity contribution is 0.0997. The van der Waals surface area contributed by atoms with Crippen molar-refractivity contribution in [3.05, 3.63) is 70.4 Å². The summed E-state index contributed by atoms with van der Waals surface area (Å²) < 4.78 is 5.77. The van der Waals surface area contributed by atoms with Crippen molar-refractivity contribution < 1.29 is 9.21 Å². The first kappa shape index (κ1) is 19.9. The van der Waals surface area contributed by atoms with Gasteiger partial charge >= 0.3 is 0 Å². The van der Waals surface area contributed by atoms with E-state index in [4.69, 9.17) is 27.6 Å². The summed E-state index contributed by atoms with van der Waals surface area (Å²) in [5.41, 5.74) is 2.48. The molecule has 1 aromatic heterocycles. The standard InChI is InChI=1S/C23H22Cl2N2O2/c1-15-10-12-27(13-11-15)20-5-3-2-4-19(20)26-23(28)22-9-8-21(29-22)17-14-16(24)6-7-18(17)25/h2-9,14-15H,10-13H2,1H3,(H,26,28). The topological polar surface area (TPSA) is 45.5 Å². The summed E-state index contributed by atoms with van der Waals surface area (Å²) in [6, 6.07) is 16.4. The number of benzene rings is 2. The van der Waals surface area contributed by atoms with E-state index in [9.17, 15) is 4.79 Å². The number of anilines is 2. The zero-order chi connectivity index (χ0) is 20.4. The number of amides is 1. The summed E-state index contributed by atoms with van der Waals surface area (Å²) in [6.07, 6.45) is 2.31. The molecule has 29 heavy (non-hydrogen) atoms. The van der Waals surface area contributed by atoms with Crippen LogP contribution in [0.15, 0.2) is 59.0 Å². The van der Waals surface area contributed by atoms with Gasteiger partial charge in [-0.3, -0.25) is 4.79 Å². The van der Waals surface area contributed by atoms with Gasteiger partial charge in [0.15, 0.2) is 5.76 Å². The number of carbonyl (C=O) groups excluding carboxylic acids is 1. The average molecular weight is 429 g/mol. The number of rotatable bonds is 4. The third kappa shape index (κ3) is 4.44. The number of hydrogen-bond donors (Lipinski definition) is 1. The van der Waals surface area contributed by atoms with Gasteiger partial charge in [-0.05, 0) is 61.2 Å². The maximum absolute atomic E-state index is 12.8. The summed E-state index contributed by atoms with van der Waals surface area (Å²) in [7, 11) is 0. The number of carbonyl (C=O) groups is 1. The van der Waals surface area contributed by atoms with Crippen molar-refractivity contribution in [3.63, 3.8) is 0 Å². The fourth-order valence-electron chi connectivity index (χ4n) is 3.58. The van der Waals surface area contributed by atoms with Gasteiger partial charge in [0.2, 0.25) is 0 Å². The number of halogens is 2. The molecule has 0 saturated carbocycles. The molecule has 0 aliphatic carbocycles. The van der Waals surface area contributed by atoms with Gasteiger partial charge in [0.1, 0.15) is 5.76 Å². The third-order valence-electron chi connectivity index (χ3n) is 5.30. The molecule has 3 aromatic rings. The highest BCUT2D eigenvalue weighted by atomic mass is 35.5. The summed E-state index contributed by atoms with van der Waals surface area (Å²) in [5.74, 6) is 1.17. The van der Waals surface area contributed by atoms with E-state index < -0.39 is 0 Å². The fraction of sp³-hybridized carbons (Fsp3) is 0.261. The molecule has 150 valence electrons. The minimum atomic E-state index is -0.299. The minimum absolute atomic E-state index is 0.220. The van der Waals surface area contributed by atoms with Gasteiger partial charge in [-0.15, -0.1) is 0 Å². The number of hydrogen-bond acceptors (Lipinski definition) is 3. The number of nitrogens with one attached hydrogen (secondary N) is 1. The van der Waals surface area contributed by atoms with Gasteiger partial charge in [0.05, 0.1) is 16.4 Å². The summed E-state index contributed by atoms with van der Waals surface area (Å²) in [4.78, 5) is 15.1. The van der Waals surface area contributed by atoms with E-state index in [-0.39, 0.29) is 11.7 Å². The summed E-state index contributed by atoms with van der Waals surface area (Å²) >= 11 is 12.3. The molecular weight excluding hydrogens is 407 g/mol. The highest BCUT2D eigenvalue weighted by Crippen LogP contribution is 2.33. The molecule has 1 fully saturated rings. The van der Waals surface area contributed by atoms with E-state index in [0.29, 0.717) is 21.4 Å². The SMILES string of the molecule is CC1CCN(c2ccccc2NC(=O)c2ccc(-c3cc(Cl)ccc3Cl)o2)CC1. The van der Waals surface area contributed by atoms with Crippen LogP contribution in [0, 0.1) is 5.92 Å². The van der Waals surface area contributed by atoms with Gasteiger partial charge in [0, 0.05) is 23.7 Å². The van der Waals surface area contributed by atoms with Crippen LogP contribution in [0.5, 0.6) is 0 Å². The quantitative estimate of drug-likeness (QED) is 0.500. The van der Waals surface area contributed by atoms with Gasteiger partial charge in [-0.1, -0.05) is 42.3 Å². The van der Waals surface area contributed by atoms with Crippen molar-refractivity contribution in [2.24, 2.45) is 5.92 Å². The predicted octanol–water partition coefficient (Wildman–Crippen LogP) is 6.74. The van der Waals surface area contributed by atoms with Crippen LogP contribution in [0.1, 0.15) is 30.3 Å². The summed E-state index contributed by atoms with van der Waals surface area (Å²) in [5, 5.41) is 4.06. The van der Waals surface area contributed by atoms with Gasteiger partial charge in [-0.2, -0.15) is 0 Å². The third-order valence-corrected chi connectivity index (χ3v) is 5.86. The lowest BCUT2D eigenvalue weighted by atomic mass is 9.98. The highest BCUT2D eigenvalue weighted by Gasteiger charge is 2.20.